The minimum Gasteiger partial charge on any atom is -0.337 e. The molecule has 16 heavy (non-hydrogen) atoms. The quantitative estimate of drug-likeness (QED) is 0.843. The molecule has 1 amide bonds. The third kappa shape index (κ3) is 2.74. The summed E-state index contributed by atoms with van der Waals surface area (Å²) >= 11 is 0. The van der Waals surface area contributed by atoms with Crippen molar-refractivity contribution in [3.8, 4) is 0 Å². The molecule has 1 heterocycles. The highest BCUT2D eigenvalue weighted by Crippen LogP contribution is 2.18. The predicted molar refractivity (Wildman–Crippen MR) is 66.7 cm³/mol. The van der Waals surface area contributed by atoms with E-state index in [1.165, 1.54) is 11.1 Å². The van der Waals surface area contributed by atoms with Crippen molar-refractivity contribution in [3.05, 3.63) is 35.4 Å². The molecule has 0 aliphatic carbocycles. The third-order valence-corrected chi connectivity index (χ3v) is 2.81. The van der Waals surface area contributed by atoms with Crippen LogP contribution in [-0.2, 0) is 17.8 Å². The maximum absolute atomic E-state index is 11.7. The van der Waals surface area contributed by atoms with E-state index < -0.39 is 0 Å². The van der Waals surface area contributed by atoms with Gasteiger partial charge in [-0.25, -0.2) is 0 Å². The average molecular weight is 241 g/mol. The summed E-state index contributed by atoms with van der Waals surface area (Å²) in [7, 11) is 1.80. The standard InChI is InChI=1S/C12H16N2O.ClH/c1-13-8-12(15)14-7-6-10-4-2-3-5-11(10)9-14;/h2-5,13H,6-9H2,1H3;1H. The number of carbonyl (C=O) groups is 1. The monoisotopic (exact) mass is 240 g/mol. The summed E-state index contributed by atoms with van der Waals surface area (Å²) in [5.41, 5.74) is 2.67. The summed E-state index contributed by atoms with van der Waals surface area (Å²) in [6.45, 7) is 2.04. The molecule has 0 bridgehead atoms. The molecule has 0 radical (unpaired) electrons. The zero-order valence-electron chi connectivity index (χ0n) is 9.40. The SMILES string of the molecule is CNCC(=O)N1CCc2ccccc2C1.Cl. The molecule has 88 valence electrons. The number of amides is 1. The van der Waals surface area contributed by atoms with Crippen molar-refractivity contribution in [2.24, 2.45) is 0 Å². The lowest BCUT2D eigenvalue weighted by Gasteiger charge is -2.28. The number of hydrogen-bond donors (Lipinski definition) is 1. The van der Waals surface area contributed by atoms with E-state index in [0.29, 0.717) is 6.54 Å². The van der Waals surface area contributed by atoms with E-state index >= 15 is 0 Å². The van der Waals surface area contributed by atoms with Gasteiger partial charge in [-0.15, -0.1) is 12.4 Å². The van der Waals surface area contributed by atoms with Crippen LogP contribution < -0.4 is 5.32 Å². The number of nitrogens with one attached hydrogen (secondary N) is 1. The van der Waals surface area contributed by atoms with Gasteiger partial charge in [-0.2, -0.15) is 0 Å². The minimum atomic E-state index is 0. The Balaban J connectivity index is 0.00000128. The molecule has 0 atom stereocenters. The van der Waals surface area contributed by atoms with Crippen LogP contribution in [0.25, 0.3) is 0 Å². The van der Waals surface area contributed by atoms with Crippen molar-refractivity contribution < 1.29 is 4.79 Å². The average Bonchev–Trinajstić information content (AvgIpc) is 2.29. The number of halogens is 1. The van der Waals surface area contributed by atoms with Crippen LogP contribution in [-0.4, -0.2) is 30.9 Å². The molecule has 1 aliphatic heterocycles. The largest absolute Gasteiger partial charge is 0.337 e. The van der Waals surface area contributed by atoms with Crippen LogP contribution in [0.3, 0.4) is 0 Å². The Kier molecular flexibility index (Phi) is 4.77. The van der Waals surface area contributed by atoms with Gasteiger partial charge >= 0.3 is 0 Å². The first kappa shape index (κ1) is 13.0. The topological polar surface area (TPSA) is 32.3 Å². The molecule has 0 aromatic heterocycles. The molecule has 0 saturated heterocycles. The zero-order valence-corrected chi connectivity index (χ0v) is 10.2. The number of fused-ring (bicyclic) bond motifs is 1. The first-order valence-corrected chi connectivity index (χ1v) is 5.30. The summed E-state index contributed by atoms with van der Waals surface area (Å²) in [5, 5.41) is 2.90. The maximum atomic E-state index is 11.7. The van der Waals surface area contributed by atoms with Gasteiger partial charge in [-0.1, -0.05) is 24.3 Å². The second-order valence-corrected chi connectivity index (χ2v) is 3.86. The summed E-state index contributed by atoms with van der Waals surface area (Å²) in [5.74, 6) is 0.187. The molecule has 2 rings (SSSR count). The number of hydrogen-bond acceptors (Lipinski definition) is 2. The lowest BCUT2D eigenvalue weighted by atomic mass is 10.00. The van der Waals surface area contributed by atoms with Crippen LogP contribution in [0.4, 0.5) is 0 Å². The van der Waals surface area contributed by atoms with Gasteiger partial charge < -0.3 is 10.2 Å². The van der Waals surface area contributed by atoms with Crippen molar-refractivity contribution >= 4 is 18.3 Å². The molecule has 1 N–H and O–H groups in total. The Labute approximate surface area is 102 Å². The summed E-state index contributed by atoms with van der Waals surface area (Å²) in [4.78, 5) is 13.6. The normalized spacial score (nSPS) is 13.9. The number of likely N-dealkylation sites (N-methyl/N-ethyl adjacent to an activating group) is 1. The summed E-state index contributed by atoms with van der Waals surface area (Å²) in [6.07, 6.45) is 0.978. The van der Waals surface area contributed by atoms with E-state index in [0.717, 1.165) is 19.5 Å². The van der Waals surface area contributed by atoms with E-state index in [1.807, 2.05) is 11.0 Å². The summed E-state index contributed by atoms with van der Waals surface area (Å²) < 4.78 is 0. The maximum Gasteiger partial charge on any atom is 0.236 e. The van der Waals surface area contributed by atoms with Gasteiger partial charge in [0.15, 0.2) is 0 Å². The second-order valence-electron chi connectivity index (χ2n) is 3.86. The van der Waals surface area contributed by atoms with E-state index in [9.17, 15) is 4.79 Å². The fraction of sp³-hybridized carbons (Fsp3) is 0.417. The van der Waals surface area contributed by atoms with Gasteiger partial charge in [-0.05, 0) is 24.6 Å². The van der Waals surface area contributed by atoms with E-state index in [-0.39, 0.29) is 18.3 Å². The number of nitrogens with zero attached hydrogens (tertiary/aromatic N) is 1. The van der Waals surface area contributed by atoms with Crippen molar-refractivity contribution in [2.45, 2.75) is 13.0 Å². The highest BCUT2D eigenvalue weighted by atomic mass is 35.5. The molecule has 0 saturated carbocycles. The van der Waals surface area contributed by atoms with Crippen molar-refractivity contribution in [1.82, 2.24) is 10.2 Å². The highest BCUT2D eigenvalue weighted by Gasteiger charge is 2.19. The molecule has 0 spiro atoms. The highest BCUT2D eigenvalue weighted by molar-refractivity contribution is 5.85. The molecule has 4 heteroatoms. The van der Waals surface area contributed by atoms with Crippen molar-refractivity contribution in [3.63, 3.8) is 0 Å². The van der Waals surface area contributed by atoms with Crippen molar-refractivity contribution in [1.29, 1.82) is 0 Å². The molecular formula is C12H17ClN2O. The van der Waals surface area contributed by atoms with Crippen LogP contribution >= 0.6 is 12.4 Å². The molecule has 0 unspecified atom stereocenters. The van der Waals surface area contributed by atoms with E-state index in [4.69, 9.17) is 0 Å². The van der Waals surface area contributed by atoms with Crippen LogP contribution in [0, 0.1) is 0 Å². The van der Waals surface area contributed by atoms with Crippen molar-refractivity contribution in [2.75, 3.05) is 20.1 Å². The van der Waals surface area contributed by atoms with Crippen LogP contribution in [0.5, 0.6) is 0 Å². The van der Waals surface area contributed by atoms with E-state index in [1.54, 1.807) is 7.05 Å². The fourth-order valence-electron chi connectivity index (χ4n) is 1.97. The fourth-order valence-corrected chi connectivity index (χ4v) is 1.97. The second kappa shape index (κ2) is 5.87. The predicted octanol–water partition coefficient (Wildman–Crippen LogP) is 1.21. The van der Waals surface area contributed by atoms with Crippen LogP contribution in [0.2, 0.25) is 0 Å². The molecule has 1 aliphatic rings. The Morgan fingerprint density at radius 1 is 1.38 bits per heavy atom. The number of carbonyl (C=O) groups excluding carboxylic acids is 1. The Bertz CT molecular complexity index is 368. The van der Waals surface area contributed by atoms with Gasteiger partial charge in [-0.3, -0.25) is 4.79 Å². The number of rotatable bonds is 2. The van der Waals surface area contributed by atoms with Crippen LogP contribution in [0.15, 0.2) is 24.3 Å². The Morgan fingerprint density at radius 2 is 2.06 bits per heavy atom. The zero-order chi connectivity index (χ0) is 10.7. The molecule has 1 aromatic rings. The molecule has 1 aromatic carbocycles. The molecular weight excluding hydrogens is 224 g/mol. The molecule has 0 fully saturated rings. The first-order chi connectivity index (χ1) is 7.31. The minimum absolute atomic E-state index is 0. The third-order valence-electron chi connectivity index (χ3n) is 2.81. The Hall–Kier alpha value is -1.06. The van der Waals surface area contributed by atoms with E-state index in [2.05, 4.69) is 23.5 Å². The van der Waals surface area contributed by atoms with Gasteiger partial charge in [0.25, 0.3) is 0 Å². The van der Waals surface area contributed by atoms with Gasteiger partial charge in [0.2, 0.25) is 5.91 Å². The molecule has 3 nitrogen and oxygen atoms in total. The van der Waals surface area contributed by atoms with Gasteiger partial charge in [0.1, 0.15) is 0 Å². The Morgan fingerprint density at radius 3 is 2.75 bits per heavy atom. The first-order valence-electron chi connectivity index (χ1n) is 5.30. The van der Waals surface area contributed by atoms with Gasteiger partial charge in [0, 0.05) is 13.1 Å². The number of benzene rings is 1. The van der Waals surface area contributed by atoms with Gasteiger partial charge in [0.05, 0.1) is 6.54 Å². The summed E-state index contributed by atoms with van der Waals surface area (Å²) in [6, 6.07) is 8.35. The lowest BCUT2D eigenvalue weighted by molar-refractivity contribution is -0.131. The smallest absolute Gasteiger partial charge is 0.236 e. The van der Waals surface area contributed by atoms with Crippen LogP contribution in [0.1, 0.15) is 11.1 Å². The lowest BCUT2D eigenvalue weighted by Crippen LogP contribution is -2.40.